The molecule has 1 heterocycles. The van der Waals surface area contributed by atoms with Crippen LogP contribution in [0.1, 0.15) is 17.5 Å². The van der Waals surface area contributed by atoms with Gasteiger partial charge in [-0.2, -0.15) is 0 Å². The molecule has 1 aliphatic rings. The summed E-state index contributed by atoms with van der Waals surface area (Å²) in [7, 11) is -5.80. The normalized spacial score (nSPS) is 16.2. The van der Waals surface area contributed by atoms with Crippen molar-refractivity contribution >= 4 is 43.0 Å². The largest absolute Gasteiger partial charge is 0.496 e. The molecule has 1 aliphatic heterocycles. The fourth-order valence-electron chi connectivity index (χ4n) is 3.16. The van der Waals surface area contributed by atoms with Crippen LogP contribution in [0, 0.1) is 13.8 Å². The minimum absolute atomic E-state index is 0.0452. The van der Waals surface area contributed by atoms with Crippen LogP contribution in [0.15, 0.2) is 35.2 Å². The van der Waals surface area contributed by atoms with Crippen molar-refractivity contribution in [2.45, 2.75) is 25.2 Å². The summed E-state index contributed by atoms with van der Waals surface area (Å²) in [5, 5.41) is 0.241. The smallest absolute Gasteiger partial charge is 0.262 e. The zero-order chi connectivity index (χ0) is 20.7. The quantitative estimate of drug-likeness (QED) is 0.763. The first-order chi connectivity index (χ1) is 13.0. The number of methoxy groups -OCH3 is 1. The molecule has 0 bridgehead atoms. The maximum atomic E-state index is 12.9. The molecule has 0 unspecified atom stereocenters. The number of halogens is 1. The number of nitrogens with zero attached hydrogens (tertiary/aromatic N) is 1. The summed E-state index contributed by atoms with van der Waals surface area (Å²) in [4.78, 5) is 0.121. The molecule has 0 spiro atoms. The Labute approximate surface area is 170 Å². The average Bonchev–Trinajstić information content (AvgIpc) is 2.97. The minimum atomic E-state index is -3.89. The summed E-state index contributed by atoms with van der Waals surface area (Å²) in [6.45, 7) is 3.76. The van der Waals surface area contributed by atoms with Crippen LogP contribution >= 0.6 is 11.6 Å². The average molecular weight is 445 g/mol. The highest BCUT2D eigenvalue weighted by molar-refractivity contribution is 7.93. The Balaban J connectivity index is 1.98. The van der Waals surface area contributed by atoms with E-state index in [1.807, 2.05) is 0 Å². The third-order valence-electron chi connectivity index (χ3n) is 4.55. The first-order valence-electron chi connectivity index (χ1n) is 8.53. The molecule has 2 aromatic rings. The lowest BCUT2D eigenvalue weighted by Gasteiger charge is -2.20. The molecular weight excluding hydrogens is 424 g/mol. The first-order valence-corrected chi connectivity index (χ1v) is 12.0. The van der Waals surface area contributed by atoms with Crippen molar-refractivity contribution < 1.29 is 21.6 Å². The number of nitrogens with one attached hydrogen (secondary N) is 1. The van der Waals surface area contributed by atoms with E-state index in [0.717, 1.165) is 0 Å². The van der Waals surface area contributed by atoms with Gasteiger partial charge in [0.1, 0.15) is 5.75 Å². The van der Waals surface area contributed by atoms with Gasteiger partial charge in [-0.05, 0) is 61.7 Å². The Morgan fingerprint density at radius 2 is 1.86 bits per heavy atom. The van der Waals surface area contributed by atoms with Crippen LogP contribution in [-0.4, -0.2) is 36.2 Å². The monoisotopic (exact) mass is 444 g/mol. The summed E-state index contributed by atoms with van der Waals surface area (Å²) in [5.41, 5.74) is 1.72. The molecule has 10 heteroatoms. The molecule has 2 aromatic carbocycles. The van der Waals surface area contributed by atoms with Crippen LogP contribution < -0.4 is 13.8 Å². The van der Waals surface area contributed by atoms with Crippen LogP contribution in [0.4, 0.5) is 11.4 Å². The van der Waals surface area contributed by atoms with Gasteiger partial charge in [-0.25, -0.2) is 16.8 Å². The predicted molar refractivity (Wildman–Crippen MR) is 110 cm³/mol. The van der Waals surface area contributed by atoms with E-state index in [1.54, 1.807) is 19.9 Å². The molecule has 0 radical (unpaired) electrons. The lowest BCUT2D eigenvalue weighted by molar-refractivity contribution is 0.411. The molecule has 28 heavy (non-hydrogen) atoms. The molecule has 152 valence electrons. The lowest BCUT2D eigenvalue weighted by atomic mass is 10.1. The molecule has 0 amide bonds. The number of hydrogen-bond acceptors (Lipinski definition) is 5. The Morgan fingerprint density at radius 3 is 2.46 bits per heavy atom. The van der Waals surface area contributed by atoms with Crippen LogP contribution in [0.25, 0.3) is 0 Å². The van der Waals surface area contributed by atoms with Gasteiger partial charge >= 0.3 is 0 Å². The summed E-state index contributed by atoms with van der Waals surface area (Å²) in [6.07, 6.45) is 0.499. The highest BCUT2D eigenvalue weighted by Crippen LogP contribution is 2.34. The molecule has 1 saturated heterocycles. The second kappa shape index (κ2) is 7.46. The highest BCUT2D eigenvalue weighted by atomic mass is 35.5. The van der Waals surface area contributed by atoms with Gasteiger partial charge in [-0.15, -0.1) is 0 Å². The van der Waals surface area contributed by atoms with Crippen molar-refractivity contribution in [2.75, 3.05) is 28.4 Å². The number of sulfonamides is 2. The molecule has 7 nitrogen and oxygen atoms in total. The standard InChI is InChI=1S/C18H21ClN2O5S2/c1-12-10-18(13(2)9-17(12)26-3)28(24,25)20-14-5-6-15(19)16(11-14)21-7-4-8-27(21,22)23/h5-6,9-11,20H,4,7-8H2,1-3H3. The topological polar surface area (TPSA) is 92.8 Å². The summed E-state index contributed by atoms with van der Waals surface area (Å²) < 4.78 is 59.1. The second-order valence-corrected chi connectivity index (χ2v) is 10.7. The Kier molecular flexibility index (Phi) is 5.53. The number of rotatable bonds is 5. The summed E-state index contributed by atoms with van der Waals surface area (Å²) in [5.74, 6) is 0.647. The summed E-state index contributed by atoms with van der Waals surface area (Å²) >= 11 is 6.17. The van der Waals surface area contributed by atoms with Crippen molar-refractivity contribution in [3.63, 3.8) is 0 Å². The predicted octanol–water partition coefficient (Wildman–Crippen LogP) is 3.31. The number of ether oxygens (including phenoxy) is 1. The lowest BCUT2D eigenvalue weighted by Crippen LogP contribution is -2.25. The molecular formula is C18H21ClN2O5S2. The molecule has 0 aliphatic carbocycles. The maximum absolute atomic E-state index is 12.9. The van der Waals surface area contributed by atoms with Gasteiger partial charge in [0.15, 0.2) is 0 Å². The molecule has 0 aromatic heterocycles. The van der Waals surface area contributed by atoms with Gasteiger partial charge < -0.3 is 4.74 Å². The van der Waals surface area contributed by atoms with Crippen LogP contribution in [-0.2, 0) is 20.0 Å². The van der Waals surface area contributed by atoms with E-state index in [2.05, 4.69) is 4.72 Å². The zero-order valence-electron chi connectivity index (χ0n) is 15.7. The van der Waals surface area contributed by atoms with E-state index in [-0.39, 0.29) is 27.0 Å². The van der Waals surface area contributed by atoms with Crippen LogP contribution in [0.5, 0.6) is 5.75 Å². The third kappa shape index (κ3) is 3.92. The Bertz CT molecular complexity index is 1130. The van der Waals surface area contributed by atoms with Crippen molar-refractivity contribution in [1.29, 1.82) is 0 Å². The van der Waals surface area contributed by atoms with Crippen molar-refractivity contribution in [2.24, 2.45) is 0 Å². The van der Waals surface area contributed by atoms with Crippen LogP contribution in [0.3, 0.4) is 0 Å². The van der Waals surface area contributed by atoms with Crippen molar-refractivity contribution in [3.8, 4) is 5.75 Å². The second-order valence-electron chi connectivity index (χ2n) is 6.60. The zero-order valence-corrected chi connectivity index (χ0v) is 18.1. The Morgan fingerprint density at radius 1 is 1.14 bits per heavy atom. The van der Waals surface area contributed by atoms with E-state index < -0.39 is 20.0 Å². The van der Waals surface area contributed by atoms with Gasteiger partial charge in [-0.1, -0.05) is 11.6 Å². The van der Waals surface area contributed by atoms with Crippen LogP contribution in [0.2, 0.25) is 5.02 Å². The fraction of sp³-hybridized carbons (Fsp3) is 0.333. The van der Waals surface area contributed by atoms with E-state index in [1.165, 1.54) is 35.7 Å². The maximum Gasteiger partial charge on any atom is 0.262 e. The molecule has 3 rings (SSSR count). The van der Waals surface area contributed by atoms with E-state index in [4.69, 9.17) is 16.3 Å². The van der Waals surface area contributed by atoms with Gasteiger partial charge in [0, 0.05) is 6.54 Å². The number of anilines is 2. The number of hydrogen-bond donors (Lipinski definition) is 1. The fourth-order valence-corrected chi connectivity index (χ4v) is 6.36. The SMILES string of the molecule is COc1cc(C)c(S(=O)(=O)Nc2ccc(Cl)c(N3CCCS3(=O)=O)c2)cc1C. The van der Waals surface area contributed by atoms with Gasteiger partial charge in [-0.3, -0.25) is 9.03 Å². The molecule has 1 N–H and O–H groups in total. The third-order valence-corrected chi connectivity index (χ3v) is 8.25. The minimum Gasteiger partial charge on any atom is -0.496 e. The van der Waals surface area contributed by atoms with Crippen molar-refractivity contribution in [3.05, 3.63) is 46.5 Å². The van der Waals surface area contributed by atoms with Gasteiger partial charge in [0.2, 0.25) is 10.0 Å². The van der Waals surface area contributed by atoms with Gasteiger partial charge in [0.25, 0.3) is 10.0 Å². The van der Waals surface area contributed by atoms with E-state index >= 15 is 0 Å². The molecule has 0 atom stereocenters. The van der Waals surface area contributed by atoms with Gasteiger partial charge in [0.05, 0.1) is 34.2 Å². The molecule has 0 saturated carbocycles. The van der Waals surface area contributed by atoms with E-state index in [0.29, 0.717) is 29.8 Å². The first kappa shape index (κ1) is 20.8. The van der Waals surface area contributed by atoms with E-state index in [9.17, 15) is 16.8 Å². The number of aryl methyl sites for hydroxylation is 2. The number of benzene rings is 2. The highest BCUT2D eigenvalue weighted by Gasteiger charge is 2.30. The van der Waals surface area contributed by atoms with Crippen molar-refractivity contribution in [1.82, 2.24) is 0 Å². The Hall–Kier alpha value is -1.97. The molecule has 1 fully saturated rings. The summed E-state index contributed by atoms with van der Waals surface area (Å²) in [6, 6.07) is 7.62.